The molecule has 2 amide bonds. The number of piperidine rings is 1. The lowest BCUT2D eigenvalue weighted by Crippen LogP contribution is -2.49. The molecule has 1 atom stereocenters. The molecule has 0 saturated carbocycles. The van der Waals surface area contributed by atoms with Crippen molar-refractivity contribution in [2.75, 3.05) is 13.1 Å². The highest BCUT2D eigenvalue weighted by atomic mass is 16.2. The van der Waals surface area contributed by atoms with Crippen LogP contribution in [0, 0.1) is 5.92 Å². The molecule has 2 aliphatic heterocycles. The molecule has 2 aromatic rings. The number of carbonyl (C=O) groups is 2. The number of guanidine groups is 1. The molecule has 1 fully saturated rings. The van der Waals surface area contributed by atoms with Gasteiger partial charge in [0.1, 0.15) is 0 Å². The van der Waals surface area contributed by atoms with Crippen molar-refractivity contribution in [1.29, 1.82) is 0 Å². The van der Waals surface area contributed by atoms with Gasteiger partial charge in [-0.2, -0.15) is 0 Å². The van der Waals surface area contributed by atoms with Gasteiger partial charge < -0.3 is 10.6 Å². The number of aliphatic imine (C=N–C) groups is 1. The molecule has 6 heteroatoms. The monoisotopic (exact) mass is 362 g/mol. The molecule has 0 spiro atoms. The van der Waals surface area contributed by atoms with Crippen LogP contribution < -0.4 is 11.1 Å². The third-order valence-electron chi connectivity index (χ3n) is 5.49. The Balaban J connectivity index is 1.57. The predicted molar refractivity (Wildman–Crippen MR) is 103 cm³/mol. The Morgan fingerprint density at radius 2 is 1.63 bits per heavy atom. The zero-order valence-electron chi connectivity index (χ0n) is 15.0. The fraction of sp³-hybridized carbons (Fsp3) is 0.286. The fourth-order valence-corrected chi connectivity index (χ4v) is 4.14. The molecular weight excluding hydrogens is 340 g/mol. The molecular formula is C21H22N4O2. The van der Waals surface area contributed by atoms with E-state index in [2.05, 4.69) is 10.3 Å². The van der Waals surface area contributed by atoms with Gasteiger partial charge in [-0.05, 0) is 30.5 Å². The largest absolute Gasteiger partial charge is 0.370 e. The van der Waals surface area contributed by atoms with Gasteiger partial charge in [-0.15, -0.1) is 0 Å². The Bertz CT molecular complexity index is 874. The van der Waals surface area contributed by atoms with Crippen molar-refractivity contribution in [3.8, 4) is 0 Å². The molecule has 1 saturated heterocycles. The Labute approximate surface area is 158 Å². The van der Waals surface area contributed by atoms with Crippen molar-refractivity contribution in [1.82, 2.24) is 10.2 Å². The highest BCUT2D eigenvalue weighted by molar-refractivity contribution is 6.07. The first-order valence-corrected chi connectivity index (χ1v) is 9.18. The Morgan fingerprint density at radius 1 is 1.04 bits per heavy atom. The molecule has 0 radical (unpaired) electrons. The standard InChI is InChI=1S/C21H22N4O2/c22-20-23-19(27)21(24-20,16-9-5-2-6-10-16)17-11-13-25(14-12-17)18(26)15-7-3-1-4-8-15/h1-10,17H,11-14H2,(H3,22,23,24,27). The van der Waals surface area contributed by atoms with Crippen molar-refractivity contribution >= 4 is 17.8 Å². The van der Waals surface area contributed by atoms with Gasteiger partial charge in [0, 0.05) is 24.6 Å². The van der Waals surface area contributed by atoms with Crippen LogP contribution in [-0.4, -0.2) is 35.8 Å². The minimum atomic E-state index is -1.01. The molecule has 6 nitrogen and oxygen atoms in total. The van der Waals surface area contributed by atoms with Crippen LogP contribution in [0.4, 0.5) is 0 Å². The van der Waals surface area contributed by atoms with Gasteiger partial charge in [-0.1, -0.05) is 48.5 Å². The van der Waals surface area contributed by atoms with Gasteiger partial charge in [0.15, 0.2) is 11.5 Å². The first-order chi connectivity index (χ1) is 13.1. The normalized spacial score (nSPS) is 23.0. The highest BCUT2D eigenvalue weighted by Crippen LogP contribution is 2.42. The molecule has 2 aromatic carbocycles. The van der Waals surface area contributed by atoms with E-state index in [9.17, 15) is 9.59 Å². The number of nitrogens with one attached hydrogen (secondary N) is 1. The summed E-state index contributed by atoms with van der Waals surface area (Å²) in [5.41, 5.74) is 6.38. The maximum absolute atomic E-state index is 12.9. The molecule has 2 aliphatic rings. The molecule has 0 aromatic heterocycles. The summed E-state index contributed by atoms with van der Waals surface area (Å²) in [6.45, 7) is 1.19. The molecule has 138 valence electrons. The smallest absolute Gasteiger partial charge is 0.259 e. The van der Waals surface area contributed by atoms with Crippen LogP contribution in [0.15, 0.2) is 65.7 Å². The zero-order chi connectivity index (χ0) is 18.9. The van der Waals surface area contributed by atoms with Gasteiger partial charge in [0.2, 0.25) is 0 Å². The lowest BCUT2D eigenvalue weighted by atomic mass is 9.73. The third-order valence-corrected chi connectivity index (χ3v) is 5.49. The molecule has 0 aliphatic carbocycles. The quantitative estimate of drug-likeness (QED) is 0.874. The SMILES string of the molecule is NC1=NC(c2ccccc2)(C2CCN(C(=O)c3ccccc3)CC2)C(=O)N1. The van der Waals surface area contributed by atoms with Gasteiger partial charge in [0.25, 0.3) is 11.8 Å². The van der Waals surface area contributed by atoms with E-state index in [0.717, 1.165) is 5.56 Å². The number of hydrogen-bond donors (Lipinski definition) is 2. The highest BCUT2D eigenvalue weighted by Gasteiger charge is 2.51. The van der Waals surface area contributed by atoms with Crippen molar-refractivity contribution in [2.45, 2.75) is 18.4 Å². The van der Waals surface area contributed by atoms with Crippen molar-refractivity contribution in [3.05, 3.63) is 71.8 Å². The van der Waals surface area contributed by atoms with E-state index in [1.807, 2.05) is 65.6 Å². The average Bonchev–Trinajstić information content (AvgIpc) is 3.03. The molecule has 2 heterocycles. The number of benzene rings is 2. The first kappa shape index (κ1) is 17.3. The van der Waals surface area contributed by atoms with Crippen molar-refractivity contribution in [3.63, 3.8) is 0 Å². The number of amides is 2. The molecule has 1 unspecified atom stereocenters. The lowest BCUT2D eigenvalue weighted by Gasteiger charge is -2.39. The Morgan fingerprint density at radius 3 is 2.19 bits per heavy atom. The van der Waals surface area contributed by atoms with E-state index in [-0.39, 0.29) is 23.7 Å². The number of likely N-dealkylation sites (tertiary alicyclic amines) is 1. The number of nitrogens with zero attached hydrogens (tertiary/aromatic N) is 2. The van der Waals surface area contributed by atoms with Crippen LogP contribution in [0.25, 0.3) is 0 Å². The van der Waals surface area contributed by atoms with Gasteiger partial charge in [-0.25, -0.2) is 4.99 Å². The van der Waals surface area contributed by atoms with Crippen LogP contribution in [0.5, 0.6) is 0 Å². The van der Waals surface area contributed by atoms with Crippen LogP contribution in [0.2, 0.25) is 0 Å². The molecule has 27 heavy (non-hydrogen) atoms. The summed E-state index contributed by atoms with van der Waals surface area (Å²) in [5, 5.41) is 2.67. The third kappa shape index (κ3) is 2.97. The number of carbonyl (C=O) groups excluding carboxylic acids is 2. The Kier molecular flexibility index (Phi) is 4.39. The van der Waals surface area contributed by atoms with E-state index >= 15 is 0 Å². The van der Waals surface area contributed by atoms with Crippen LogP contribution in [-0.2, 0) is 10.3 Å². The summed E-state index contributed by atoms with van der Waals surface area (Å²) in [4.78, 5) is 32.0. The zero-order valence-corrected chi connectivity index (χ0v) is 15.0. The predicted octanol–water partition coefficient (Wildman–Crippen LogP) is 1.88. The fourth-order valence-electron chi connectivity index (χ4n) is 4.14. The Hall–Kier alpha value is -3.15. The van der Waals surface area contributed by atoms with E-state index in [1.54, 1.807) is 0 Å². The van der Waals surface area contributed by atoms with E-state index in [0.29, 0.717) is 31.5 Å². The summed E-state index contributed by atoms with van der Waals surface area (Å²) in [5.74, 6) is -0.00634. The number of hydrogen-bond acceptors (Lipinski definition) is 4. The van der Waals surface area contributed by atoms with Crippen LogP contribution >= 0.6 is 0 Å². The minimum absolute atomic E-state index is 0.0132. The second-order valence-electron chi connectivity index (χ2n) is 7.02. The topological polar surface area (TPSA) is 87.8 Å². The second-order valence-corrected chi connectivity index (χ2v) is 7.02. The summed E-state index contributed by atoms with van der Waals surface area (Å²) in [6.07, 6.45) is 1.38. The number of rotatable bonds is 3. The summed E-state index contributed by atoms with van der Waals surface area (Å²) in [6, 6.07) is 18.9. The molecule has 3 N–H and O–H groups in total. The minimum Gasteiger partial charge on any atom is -0.370 e. The average molecular weight is 362 g/mol. The molecule has 4 rings (SSSR count). The maximum atomic E-state index is 12.9. The van der Waals surface area contributed by atoms with Gasteiger partial charge in [0.05, 0.1) is 0 Å². The maximum Gasteiger partial charge on any atom is 0.259 e. The summed E-state index contributed by atoms with van der Waals surface area (Å²) >= 11 is 0. The molecule has 0 bridgehead atoms. The van der Waals surface area contributed by atoms with E-state index < -0.39 is 5.54 Å². The first-order valence-electron chi connectivity index (χ1n) is 9.18. The van der Waals surface area contributed by atoms with E-state index in [4.69, 9.17) is 5.73 Å². The number of nitrogens with two attached hydrogens (primary N) is 1. The van der Waals surface area contributed by atoms with E-state index in [1.165, 1.54) is 0 Å². The second kappa shape index (κ2) is 6.87. The summed E-state index contributed by atoms with van der Waals surface area (Å²) in [7, 11) is 0. The van der Waals surface area contributed by atoms with Crippen LogP contribution in [0.3, 0.4) is 0 Å². The van der Waals surface area contributed by atoms with Gasteiger partial charge in [-0.3, -0.25) is 14.9 Å². The van der Waals surface area contributed by atoms with Gasteiger partial charge >= 0.3 is 0 Å². The summed E-state index contributed by atoms with van der Waals surface area (Å²) < 4.78 is 0. The van der Waals surface area contributed by atoms with Crippen molar-refractivity contribution < 1.29 is 9.59 Å². The van der Waals surface area contributed by atoms with Crippen molar-refractivity contribution in [2.24, 2.45) is 16.6 Å². The lowest BCUT2D eigenvalue weighted by molar-refractivity contribution is -0.126. The van der Waals surface area contributed by atoms with Crippen LogP contribution in [0.1, 0.15) is 28.8 Å².